The van der Waals surface area contributed by atoms with Crippen LogP contribution in [-0.2, 0) is 10.0 Å². The first-order chi connectivity index (χ1) is 10.8. The van der Waals surface area contributed by atoms with Crippen molar-refractivity contribution in [2.75, 3.05) is 0 Å². The first kappa shape index (κ1) is 17.7. The second-order valence-corrected chi connectivity index (χ2v) is 7.76. The van der Waals surface area contributed by atoms with Crippen molar-refractivity contribution < 1.29 is 12.9 Å². The summed E-state index contributed by atoms with van der Waals surface area (Å²) in [5.74, 6) is 0.323. The molecular formula is C17H24N2O3S. The predicted octanol–water partition coefficient (Wildman–Crippen LogP) is 3.52. The van der Waals surface area contributed by atoms with E-state index >= 15 is 0 Å². The van der Waals surface area contributed by atoms with Crippen LogP contribution in [0.2, 0.25) is 0 Å². The molecule has 2 atom stereocenters. The SMILES string of the molecule is C=CC[C@H]1CC(C)=C[C@H](CC=C)N1S(=O)(=O)c1c(C)noc1C. The molecule has 5 nitrogen and oxygen atoms in total. The lowest BCUT2D eigenvalue weighted by Crippen LogP contribution is -2.48. The van der Waals surface area contributed by atoms with Crippen LogP contribution in [0.25, 0.3) is 0 Å². The average Bonchev–Trinajstić information content (AvgIpc) is 2.78. The summed E-state index contributed by atoms with van der Waals surface area (Å²) < 4.78 is 33.2. The number of aromatic nitrogens is 1. The fourth-order valence-electron chi connectivity index (χ4n) is 3.25. The van der Waals surface area contributed by atoms with Gasteiger partial charge in [-0.1, -0.05) is 29.0 Å². The molecule has 0 spiro atoms. The predicted molar refractivity (Wildman–Crippen MR) is 90.6 cm³/mol. The molecule has 0 bridgehead atoms. The van der Waals surface area contributed by atoms with E-state index in [9.17, 15) is 8.42 Å². The molecule has 1 aromatic rings. The highest BCUT2D eigenvalue weighted by atomic mass is 32.2. The Kier molecular flexibility index (Phi) is 5.26. The van der Waals surface area contributed by atoms with Crippen LogP contribution in [0.15, 0.2) is 46.4 Å². The second-order valence-electron chi connectivity index (χ2n) is 5.98. The maximum atomic E-state index is 13.3. The molecule has 0 aromatic carbocycles. The summed E-state index contributed by atoms with van der Waals surface area (Å²) in [5.41, 5.74) is 1.58. The molecule has 0 saturated carbocycles. The smallest absolute Gasteiger partial charge is 0.249 e. The number of aryl methyl sites for hydroxylation is 2. The van der Waals surface area contributed by atoms with Gasteiger partial charge in [0.25, 0.3) is 0 Å². The van der Waals surface area contributed by atoms with E-state index in [-0.39, 0.29) is 17.0 Å². The van der Waals surface area contributed by atoms with Gasteiger partial charge in [0, 0.05) is 12.1 Å². The maximum Gasteiger partial charge on any atom is 0.249 e. The van der Waals surface area contributed by atoms with Crippen molar-refractivity contribution in [2.45, 2.75) is 57.0 Å². The molecule has 2 heterocycles. The van der Waals surface area contributed by atoms with Gasteiger partial charge in [0.05, 0.1) is 0 Å². The maximum absolute atomic E-state index is 13.3. The van der Waals surface area contributed by atoms with Crippen molar-refractivity contribution in [2.24, 2.45) is 0 Å². The molecule has 6 heteroatoms. The summed E-state index contributed by atoms with van der Waals surface area (Å²) in [4.78, 5) is 0.175. The van der Waals surface area contributed by atoms with Crippen molar-refractivity contribution in [3.8, 4) is 0 Å². The van der Waals surface area contributed by atoms with Crippen molar-refractivity contribution in [1.82, 2.24) is 9.46 Å². The molecule has 0 unspecified atom stereocenters. The Bertz CT molecular complexity index is 712. The second kappa shape index (κ2) is 6.84. The topological polar surface area (TPSA) is 63.4 Å². The van der Waals surface area contributed by atoms with E-state index in [4.69, 9.17) is 4.52 Å². The van der Waals surface area contributed by atoms with Crippen LogP contribution in [0.4, 0.5) is 0 Å². The van der Waals surface area contributed by atoms with Crippen LogP contribution in [0.5, 0.6) is 0 Å². The molecule has 0 fully saturated rings. The monoisotopic (exact) mass is 336 g/mol. The Balaban J connectivity index is 2.57. The van der Waals surface area contributed by atoms with Crippen LogP contribution in [-0.4, -0.2) is 30.0 Å². The Hall–Kier alpha value is -1.66. The van der Waals surface area contributed by atoms with Gasteiger partial charge in [0.1, 0.15) is 10.6 Å². The summed E-state index contributed by atoms with van der Waals surface area (Å²) >= 11 is 0. The fourth-order valence-corrected chi connectivity index (χ4v) is 5.33. The van der Waals surface area contributed by atoms with E-state index in [1.807, 2.05) is 13.0 Å². The van der Waals surface area contributed by atoms with Gasteiger partial charge in [0.2, 0.25) is 10.0 Å². The quantitative estimate of drug-likeness (QED) is 0.746. The summed E-state index contributed by atoms with van der Waals surface area (Å²) in [5, 5.41) is 3.80. The highest BCUT2D eigenvalue weighted by Gasteiger charge is 2.40. The van der Waals surface area contributed by atoms with Crippen LogP contribution >= 0.6 is 0 Å². The van der Waals surface area contributed by atoms with Gasteiger partial charge in [-0.2, -0.15) is 4.31 Å². The van der Waals surface area contributed by atoms with Crippen LogP contribution in [0, 0.1) is 13.8 Å². The Morgan fingerprint density at radius 2 is 1.96 bits per heavy atom. The molecule has 1 aromatic heterocycles. The Morgan fingerprint density at radius 1 is 1.30 bits per heavy atom. The minimum atomic E-state index is -3.71. The van der Waals surface area contributed by atoms with E-state index in [2.05, 4.69) is 18.3 Å². The lowest BCUT2D eigenvalue weighted by atomic mass is 9.95. The molecular weight excluding hydrogens is 312 g/mol. The summed E-state index contributed by atoms with van der Waals surface area (Å²) in [6.45, 7) is 12.9. The molecule has 0 saturated heterocycles. The lowest BCUT2D eigenvalue weighted by Gasteiger charge is -2.39. The van der Waals surface area contributed by atoms with Gasteiger partial charge < -0.3 is 4.52 Å². The van der Waals surface area contributed by atoms with E-state index in [0.29, 0.717) is 30.7 Å². The molecule has 1 aliphatic heterocycles. The van der Waals surface area contributed by atoms with Gasteiger partial charge >= 0.3 is 0 Å². The van der Waals surface area contributed by atoms with Crippen LogP contribution in [0.3, 0.4) is 0 Å². The van der Waals surface area contributed by atoms with E-state index in [0.717, 1.165) is 0 Å². The Labute approximate surface area is 138 Å². The third-order valence-corrected chi connectivity index (χ3v) is 6.29. The van der Waals surface area contributed by atoms with Crippen molar-refractivity contribution >= 4 is 10.0 Å². The zero-order chi connectivity index (χ0) is 17.2. The van der Waals surface area contributed by atoms with Crippen molar-refractivity contribution in [1.29, 1.82) is 0 Å². The zero-order valence-corrected chi connectivity index (χ0v) is 14.8. The Morgan fingerprint density at radius 3 is 2.48 bits per heavy atom. The first-order valence-electron chi connectivity index (χ1n) is 7.68. The van der Waals surface area contributed by atoms with Crippen LogP contribution in [0.1, 0.15) is 37.6 Å². The fraction of sp³-hybridized carbons (Fsp3) is 0.471. The lowest BCUT2D eigenvalue weighted by molar-refractivity contribution is 0.261. The standard InChI is InChI=1S/C17H24N2O3S/c1-6-8-15-10-12(3)11-16(9-7-2)19(15)23(20,21)17-13(4)18-22-14(17)5/h6-7,10,15-16H,1-2,8-9,11H2,3-5H3/t15-,16-/m0/s1. The van der Waals surface area contributed by atoms with Crippen molar-refractivity contribution in [3.63, 3.8) is 0 Å². The van der Waals surface area contributed by atoms with Crippen LogP contribution < -0.4 is 0 Å². The van der Waals surface area contributed by atoms with E-state index in [1.165, 1.54) is 5.57 Å². The van der Waals surface area contributed by atoms with Crippen molar-refractivity contribution in [3.05, 3.63) is 48.4 Å². The normalized spacial score (nSPS) is 22.7. The molecule has 1 aliphatic rings. The molecule has 0 amide bonds. The number of hydrogen-bond donors (Lipinski definition) is 0. The molecule has 2 rings (SSSR count). The number of sulfonamides is 1. The largest absolute Gasteiger partial charge is 0.360 e. The minimum absolute atomic E-state index is 0.152. The molecule has 0 radical (unpaired) electrons. The highest BCUT2D eigenvalue weighted by molar-refractivity contribution is 7.89. The van der Waals surface area contributed by atoms with Gasteiger partial charge in [-0.05, 0) is 40.0 Å². The molecule has 23 heavy (non-hydrogen) atoms. The van der Waals surface area contributed by atoms with Gasteiger partial charge in [-0.3, -0.25) is 0 Å². The van der Waals surface area contributed by atoms with Gasteiger partial charge in [0.15, 0.2) is 5.76 Å². The molecule has 0 aliphatic carbocycles. The summed E-state index contributed by atoms with van der Waals surface area (Å²) in [6.07, 6.45) is 7.39. The summed E-state index contributed by atoms with van der Waals surface area (Å²) in [6, 6.07) is -0.397. The summed E-state index contributed by atoms with van der Waals surface area (Å²) in [7, 11) is -3.71. The zero-order valence-electron chi connectivity index (χ0n) is 13.9. The van der Waals surface area contributed by atoms with E-state index in [1.54, 1.807) is 30.3 Å². The van der Waals surface area contributed by atoms with Gasteiger partial charge in [-0.15, -0.1) is 13.2 Å². The van der Waals surface area contributed by atoms with E-state index < -0.39 is 10.0 Å². The average molecular weight is 336 g/mol. The number of hydrogen-bond acceptors (Lipinski definition) is 4. The third kappa shape index (κ3) is 3.33. The van der Waals surface area contributed by atoms with Gasteiger partial charge in [-0.25, -0.2) is 8.42 Å². The molecule has 126 valence electrons. The number of nitrogens with zero attached hydrogens (tertiary/aromatic N) is 2. The molecule has 0 N–H and O–H groups in total. The number of rotatable bonds is 6. The third-order valence-electron chi connectivity index (χ3n) is 4.07. The first-order valence-corrected chi connectivity index (χ1v) is 9.12. The minimum Gasteiger partial charge on any atom is -0.360 e. The highest BCUT2D eigenvalue weighted by Crippen LogP contribution is 2.34.